The second kappa shape index (κ2) is 11.5. The molecule has 0 amide bonds. The molecule has 2 aromatic carbocycles. The van der Waals surface area contributed by atoms with Gasteiger partial charge in [-0.25, -0.2) is 4.39 Å². The van der Waals surface area contributed by atoms with E-state index in [1.54, 1.807) is 6.07 Å². The van der Waals surface area contributed by atoms with Gasteiger partial charge in [-0.3, -0.25) is 0 Å². The van der Waals surface area contributed by atoms with E-state index in [4.69, 9.17) is 12.2 Å². The summed E-state index contributed by atoms with van der Waals surface area (Å²) in [5.74, 6) is -0.263. The predicted octanol–water partition coefficient (Wildman–Crippen LogP) is 7.55. The zero-order chi connectivity index (χ0) is 25.8. The molecule has 1 unspecified atom stereocenters. The first-order valence-electron chi connectivity index (χ1n) is 11.9. The zero-order valence-electron chi connectivity index (χ0n) is 21.3. The highest BCUT2D eigenvalue weighted by Crippen LogP contribution is 2.39. The van der Waals surface area contributed by atoms with Crippen LogP contribution in [0.1, 0.15) is 57.2 Å². The van der Waals surface area contributed by atoms with E-state index in [0.29, 0.717) is 17.2 Å². The summed E-state index contributed by atoms with van der Waals surface area (Å²) in [7, 11) is 0. The van der Waals surface area contributed by atoms with Crippen molar-refractivity contribution >= 4 is 40.2 Å². The van der Waals surface area contributed by atoms with Crippen LogP contribution in [0, 0.1) is 12.7 Å². The molecule has 0 bridgehead atoms. The maximum atomic E-state index is 14.5. The first-order valence-corrected chi connectivity index (χ1v) is 13.1. The summed E-state index contributed by atoms with van der Waals surface area (Å²) in [6.07, 6.45) is 2.33. The van der Waals surface area contributed by atoms with Crippen LogP contribution in [0.25, 0.3) is 5.57 Å². The lowest BCUT2D eigenvalue weighted by Gasteiger charge is -2.21. The fourth-order valence-electron chi connectivity index (χ4n) is 4.31. The SMILES string of the molecule is C=C(Nc1ccc(C(=S)NCC2CCC(C)(C)N2)cc1)SC(C(=C)c1c(C)cccc1F)=C(C)C. The molecule has 1 saturated heterocycles. The fraction of sp³-hybridized carbons (Fsp3) is 0.345. The van der Waals surface area contributed by atoms with Crippen LogP contribution in [0.3, 0.4) is 0 Å². The highest BCUT2D eigenvalue weighted by molar-refractivity contribution is 8.07. The van der Waals surface area contributed by atoms with Crippen LogP contribution in [-0.2, 0) is 0 Å². The topological polar surface area (TPSA) is 36.1 Å². The molecule has 3 rings (SSSR count). The van der Waals surface area contributed by atoms with Gasteiger partial charge >= 0.3 is 0 Å². The van der Waals surface area contributed by atoms with Crippen LogP contribution in [0.2, 0.25) is 0 Å². The molecule has 1 atom stereocenters. The molecule has 2 aromatic rings. The largest absolute Gasteiger partial charge is 0.374 e. The van der Waals surface area contributed by atoms with E-state index in [1.165, 1.54) is 24.2 Å². The van der Waals surface area contributed by atoms with E-state index in [1.807, 2.05) is 51.1 Å². The van der Waals surface area contributed by atoms with Crippen molar-refractivity contribution in [3.63, 3.8) is 0 Å². The Bertz CT molecular complexity index is 1120. The molecule has 1 fully saturated rings. The Kier molecular flexibility index (Phi) is 8.97. The van der Waals surface area contributed by atoms with Crippen molar-refractivity contribution in [2.24, 2.45) is 0 Å². The smallest absolute Gasteiger partial charge is 0.131 e. The average Bonchev–Trinajstić information content (AvgIpc) is 3.14. The van der Waals surface area contributed by atoms with E-state index in [-0.39, 0.29) is 11.4 Å². The van der Waals surface area contributed by atoms with E-state index < -0.39 is 0 Å². The summed E-state index contributed by atoms with van der Waals surface area (Å²) >= 11 is 7.06. The van der Waals surface area contributed by atoms with Crippen molar-refractivity contribution in [1.82, 2.24) is 10.6 Å². The summed E-state index contributed by atoms with van der Waals surface area (Å²) in [5, 5.41) is 11.1. The highest BCUT2D eigenvalue weighted by Gasteiger charge is 2.29. The molecule has 3 N–H and O–H groups in total. The van der Waals surface area contributed by atoms with Crippen LogP contribution in [0.15, 0.2) is 71.1 Å². The molecule has 35 heavy (non-hydrogen) atoms. The maximum Gasteiger partial charge on any atom is 0.131 e. The highest BCUT2D eigenvalue weighted by atomic mass is 32.2. The lowest BCUT2D eigenvalue weighted by atomic mass is 9.99. The third-order valence-electron chi connectivity index (χ3n) is 6.13. The number of hydrogen-bond donors (Lipinski definition) is 3. The van der Waals surface area contributed by atoms with Gasteiger partial charge in [-0.05, 0) is 88.9 Å². The fourth-order valence-corrected chi connectivity index (χ4v) is 5.37. The Morgan fingerprint density at radius 2 is 1.86 bits per heavy atom. The molecule has 0 radical (unpaired) electrons. The van der Waals surface area contributed by atoms with Crippen LogP contribution in [0.5, 0.6) is 0 Å². The van der Waals surface area contributed by atoms with Crippen LogP contribution < -0.4 is 16.0 Å². The van der Waals surface area contributed by atoms with Crippen molar-refractivity contribution < 1.29 is 4.39 Å². The minimum atomic E-state index is -0.263. The lowest BCUT2D eigenvalue weighted by molar-refractivity contribution is 0.427. The molecule has 186 valence electrons. The minimum Gasteiger partial charge on any atom is -0.374 e. The number of allylic oxidation sites excluding steroid dienone is 2. The number of benzene rings is 2. The minimum absolute atomic E-state index is 0.202. The second-order valence-electron chi connectivity index (χ2n) is 9.94. The summed E-state index contributed by atoms with van der Waals surface area (Å²) in [6, 6.07) is 13.5. The maximum absolute atomic E-state index is 14.5. The molecule has 0 aromatic heterocycles. The molecule has 1 aliphatic heterocycles. The van der Waals surface area contributed by atoms with E-state index >= 15 is 0 Å². The molecular formula is C29H36FN3S2. The molecule has 0 saturated carbocycles. The van der Waals surface area contributed by atoms with Crippen molar-refractivity contribution in [1.29, 1.82) is 0 Å². The Morgan fingerprint density at radius 1 is 1.17 bits per heavy atom. The molecule has 6 heteroatoms. The standard InChI is InChI=1S/C29H36FN3S2/c1-18(2)27(20(4)26-19(3)9-8-10-25(26)30)35-21(5)32-23-13-11-22(12-14-23)28(34)31-17-24-15-16-29(6,7)33-24/h8-14,24,32-33H,4-5,15-17H2,1-3,6-7H3,(H,31,34). The zero-order valence-corrected chi connectivity index (χ0v) is 23.0. The molecule has 3 nitrogen and oxygen atoms in total. The summed E-state index contributed by atoms with van der Waals surface area (Å²) in [4.78, 5) is 1.65. The van der Waals surface area contributed by atoms with Crippen molar-refractivity contribution in [3.05, 3.63) is 93.6 Å². The van der Waals surface area contributed by atoms with Gasteiger partial charge in [0.25, 0.3) is 0 Å². The molecular weight excluding hydrogens is 473 g/mol. The quantitative estimate of drug-likeness (QED) is 0.240. The van der Waals surface area contributed by atoms with Crippen LogP contribution >= 0.6 is 24.0 Å². The molecule has 1 heterocycles. The third kappa shape index (κ3) is 7.29. The van der Waals surface area contributed by atoms with Crippen molar-refractivity contribution in [2.45, 2.75) is 59.0 Å². The number of aryl methyl sites for hydroxylation is 1. The van der Waals surface area contributed by atoms with Gasteiger partial charge in [-0.1, -0.05) is 54.8 Å². The third-order valence-corrected chi connectivity index (χ3v) is 7.72. The number of halogens is 1. The van der Waals surface area contributed by atoms with E-state index in [9.17, 15) is 4.39 Å². The van der Waals surface area contributed by atoms with Crippen LogP contribution in [-0.4, -0.2) is 23.1 Å². The molecule has 0 aliphatic carbocycles. The number of anilines is 1. The number of nitrogens with one attached hydrogen (secondary N) is 3. The van der Waals surface area contributed by atoms with Gasteiger partial charge in [-0.15, -0.1) is 0 Å². The Hall–Kier alpha value is -2.41. The molecule has 1 aliphatic rings. The number of thiocarbonyl (C=S) groups is 1. The van der Waals surface area contributed by atoms with E-state index in [0.717, 1.165) is 50.3 Å². The van der Waals surface area contributed by atoms with Gasteiger partial charge in [0.05, 0.1) is 5.03 Å². The first-order chi connectivity index (χ1) is 16.5. The first kappa shape index (κ1) is 27.2. The van der Waals surface area contributed by atoms with Gasteiger partial charge in [0.1, 0.15) is 10.8 Å². The normalized spacial score (nSPS) is 16.5. The van der Waals surface area contributed by atoms with Crippen molar-refractivity contribution in [2.75, 3.05) is 11.9 Å². The Balaban J connectivity index is 1.59. The lowest BCUT2D eigenvalue weighted by Crippen LogP contribution is -2.43. The molecule has 0 spiro atoms. The Labute approximate surface area is 219 Å². The van der Waals surface area contributed by atoms with Gasteiger partial charge < -0.3 is 16.0 Å². The number of hydrogen-bond acceptors (Lipinski definition) is 4. The Morgan fingerprint density at radius 3 is 2.43 bits per heavy atom. The average molecular weight is 510 g/mol. The van der Waals surface area contributed by atoms with Crippen LogP contribution in [0.4, 0.5) is 10.1 Å². The summed E-state index contributed by atoms with van der Waals surface area (Å²) in [6.45, 7) is 19.6. The predicted molar refractivity (Wildman–Crippen MR) is 155 cm³/mol. The van der Waals surface area contributed by atoms with Gasteiger partial charge in [0, 0.05) is 39.8 Å². The monoisotopic (exact) mass is 509 g/mol. The number of thioether (sulfide) groups is 1. The summed E-state index contributed by atoms with van der Waals surface area (Å²) in [5.41, 5.74) is 5.22. The summed E-state index contributed by atoms with van der Waals surface area (Å²) < 4.78 is 14.5. The van der Waals surface area contributed by atoms with E-state index in [2.05, 4.69) is 43.0 Å². The number of rotatable bonds is 9. The van der Waals surface area contributed by atoms with Gasteiger partial charge in [0.2, 0.25) is 0 Å². The van der Waals surface area contributed by atoms with Gasteiger partial charge in [0.15, 0.2) is 0 Å². The van der Waals surface area contributed by atoms with Crippen molar-refractivity contribution in [3.8, 4) is 0 Å². The second-order valence-corrected chi connectivity index (χ2v) is 11.5. The van der Waals surface area contributed by atoms with Gasteiger partial charge in [-0.2, -0.15) is 0 Å².